The van der Waals surface area contributed by atoms with Crippen molar-refractivity contribution in [2.45, 2.75) is 51.2 Å². The second kappa shape index (κ2) is 10.0. The van der Waals surface area contributed by atoms with E-state index >= 15 is 0 Å². The van der Waals surface area contributed by atoms with E-state index in [1.807, 2.05) is 24.3 Å². The topological polar surface area (TPSA) is 66.5 Å². The van der Waals surface area contributed by atoms with E-state index in [-0.39, 0.29) is 11.7 Å². The van der Waals surface area contributed by atoms with Gasteiger partial charge in [-0.25, -0.2) is 12.7 Å². The maximum absolute atomic E-state index is 12.6. The smallest absolute Gasteiger partial charge is 0.255 e. The fourth-order valence-electron chi connectivity index (χ4n) is 3.54. The molecule has 1 fully saturated rings. The van der Waals surface area contributed by atoms with Crippen molar-refractivity contribution in [1.82, 2.24) is 4.31 Å². The third-order valence-electron chi connectivity index (χ3n) is 5.30. The van der Waals surface area contributed by atoms with Crippen LogP contribution in [-0.4, -0.2) is 31.7 Å². The number of nitrogens with zero attached hydrogens (tertiary/aromatic N) is 1. The maximum Gasteiger partial charge on any atom is 0.255 e. The highest BCUT2D eigenvalue weighted by Gasteiger charge is 2.24. The van der Waals surface area contributed by atoms with Crippen LogP contribution in [0, 0.1) is 0 Å². The lowest BCUT2D eigenvalue weighted by Crippen LogP contribution is -2.36. The Kier molecular flexibility index (Phi) is 7.45. The Labute approximate surface area is 174 Å². The van der Waals surface area contributed by atoms with Crippen LogP contribution in [0.1, 0.15) is 60.5 Å². The monoisotopic (exact) mass is 414 g/mol. The number of carbonyl (C=O) groups excluding carboxylic acids is 1. The van der Waals surface area contributed by atoms with Gasteiger partial charge in [0.05, 0.1) is 5.75 Å². The minimum absolute atomic E-state index is 0.0197. The van der Waals surface area contributed by atoms with E-state index in [0.29, 0.717) is 24.2 Å². The van der Waals surface area contributed by atoms with Gasteiger partial charge in [0.1, 0.15) is 0 Å². The summed E-state index contributed by atoms with van der Waals surface area (Å²) in [4.78, 5) is 12.5. The molecule has 3 rings (SSSR count). The third-order valence-corrected chi connectivity index (χ3v) is 7.15. The molecule has 1 aliphatic heterocycles. The number of hydrogen-bond donors (Lipinski definition) is 1. The summed E-state index contributed by atoms with van der Waals surface area (Å²) in [5.74, 6) is -0.217. The van der Waals surface area contributed by atoms with Crippen LogP contribution >= 0.6 is 0 Å². The third kappa shape index (κ3) is 6.15. The lowest BCUT2D eigenvalue weighted by Gasteiger charge is -2.25. The SMILES string of the molecule is CCCCc1ccc(NC(=O)c2ccc(CS(=O)(=O)N3CCCCC3)cc2)cc1. The molecular formula is C23H30N2O3S. The van der Waals surface area contributed by atoms with Crippen molar-refractivity contribution in [2.24, 2.45) is 0 Å². The Morgan fingerprint density at radius 3 is 2.17 bits per heavy atom. The van der Waals surface area contributed by atoms with E-state index in [9.17, 15) is 13.2 Å². The highest BCUT2D eigenvalue weighted by Crippen LogP contribution is 2.18. The number of sulfonamides is 1. The van der Waals surface area contributed by atoms with Gasteiger partial charge in [0.25, 0.3) is 5.91 Å². The van der Waals surface area contributed by atoms with E-state index in [1.54, 1.807) is 28.6 Å². The van der Waals surface area contributed by atoms with E-state index in [2.05, 4.69) is 12.2 Å². The molecule has 0 saturated carbocycles. The largest absolute Gasteiger partial charge is 0.322 e. The Hall–Kier alpha value is -2.18. The lowest BCUT2D eigenvalue weighted by atomic mass is 10.1. The number of anilines is 1. The van der Waals surface area contributed by atoms with Crippen molar-refractivity contribution in [2.75, 3.05) is 18.4 Å². The molecule has 0 atom stereocenters. The molecule has 0 spiro atoms. The van der Waals surface area contributed by atoms with E-state index < -0.39 is 10.0 Å². The van der Waals surface area contributed by atoms with Crippen LogP contribution in [0.4, 0.5) is 5.69 Å². The molecule has 1 heterocycles. The minimum atomic E-state index is -3.30. The predicted octanol–water partition coefficient (Wildman–Crippen LogP) is 4.60. The number of aryl methyl sites for hydroxylation is 1. The van der Waals surface area contributed by atoms with Gasteiger partial charge in [-0.15, -0.1) is 0 Å². The molecule has 0 radical (unpaired) electrons. The minimum Gasteiger partial charge on any atom is -0.322 e. The number of rotatable bonds is 8. The Bertz CT molecular complexity index is 900. The van der Waals surface area contributed by atoms with Gasteiger partial charge >= 0.3 is 0 Å². The predicted molar refractivity (Wildman–Crippen MR) is 117 cm³/mol. The summed E-state index contributed by atoms with van der Waals surface area (Å²) in [6, 6.07) is 14.7. The van der Waals surface area contributed by atoms with Crippen LogP contribution in [0.5, 0.6) is 0 Å². The van der Waals surface area contributed by atoms with E-state index in [0.717, 1.165) is 44.2 Å². The molecule has 0 aromatic heterocycles. The van der Waals surface area contributed by atoms with Crippen LogP contribution in [-0.2, 0) is 22.2 Å². The van der Waals surface area contributed by atoms with Crippen molar-refractivity contribution >= 4 is 21.6 Å². The van der Waals surface area contributed by atoms with Crippen LogP contribution in [0.15, 0.2) is 48.5 Å². The first-order valence-corrected chi connectivity index (χ1v) is 12.1. The maximum atomic E-state index is 12.6. The van der Waals surface area contributed by atoms with Gasteiger partial charge < -0.3 is 5.32 Å². The standard InChI is InChI=1S/C23H30N2O3S/c1-2-3-7-19-10-14-22(15-11-19)24-23(26)21-12-8-20(9-13-21)18-29(27,28)25-16-5-4-6-17-25/h8-15H,2-7,16-18H2,1H3,(H,24,26). The first-order chi connectivity index (χ1) is 14.0. The molecule has 2 aromatic carbocycles. The number of carbonyl (C=O) groups is 1. The summed E-state index contributed by atoms with van der Waals surface area (Å²) in [6.45, 7) is 3.39. The summed E-state index contributed by atoms with van der Waals surface area (Å²) in [6.07, 6.45) is 6.32. The van der Waals surface area contributed by atoms with Crippen LogP contribution < -0.4 is 5.32 Å². The van der Waals surface area contributed by atoms with Crippen LogP contribution in [0.25, 0.3) is 0 Å². The van der Waals surface area contributed by atoms with Gasteiger partial charge in [-0.3, -0.25) is 4.79 Å². The average molecular weight is 415 g/mol. The van der Waals surface area contributed by atoms with Gasteiger partial charge in [-0.05, 0) is 61.1 Å². The lowest BCUT2D eigenvalue weighted by molar-refractivity contribution is 0.102. The number of piperidine rings is 1. The molecular weight excluding hydrogens is 384 g/mol. The Morgan fingerprint density at radius 1 is 0.931 bits per heavy atom. The molecule has 1 aliphatic rings. The second-order valence-corrected chi connectivity index (χ2v) is 9.64. The molecule has 0 unspecified atom stereocenters. The first kappa shape index (κ1) is 21.5. The van der Waals surface area contributed by atoms with Crippen molar-refractivity contribution < 1.29 is 13.2 Å². The summed E-state index contributed by atoms with van der Waals surface area (Å²) >= 11 is 0. The molecule has 0 bridgehead atoms. The van der Waals surface area contributed by atoms with Gasteiger partial charge in [-0.1, -0.05) is 44.0 Å². The highest BCUT2D eigenvalue weighted by atomic mass is 32.2. The first-order valence-electron chi connectivity index (χ1n) is 10.4. The second-order valence-electron chi connectivity index (χ2n) is 7.67. The zero-order valence-corrected chi connectivity index (χ0v) is 17.9. The van der Waals surface area contributed by atoms with Crippen molar-refractivity contribution in [3.05, 3.63) is 65.2 Å². The molecule has 2 aromatic rings. The average Bonchev–Trinajstić information content (AvgIpc) is 2.74. The van der Waals surface area contributed by atoms with Crippen molar-refractivity contribution in [3.8, 4) is 0 Å². The normalized spacial score (nSPS) is 15.2. The number of benzene rings is 2. The summed E-state index contributed by atoms with van der Waals surface area (Å²) in [5.41, 5.74) is 3.24. The number of nitrogens with one attached hydrogen (secondary N) is 1. The summed E-state index contributed by atoms with van der Waals surface area (Å²) in [7, 11) is -3.30. The van der Waals surface area contributed by atoms with Gasteiger partial charge in [0.2, 0.25) is 10.0 Å². The molecule has 29 heavy (non-hydrogen) atoms. The molecule has 1 amide bonds. The molecule has 0 aliphatic carbocycles. The van der Waals surface area contributed by atoms with Gasteiger partial charge in [-0.2, -0.15) is 0 Å². The van der Waals surface area contributed by atoms with E-state index in [1.165, 1.54) is 5.56 Å². The molecule has 6 heteroatoms. The van der Waals surface area contributed by atoms with Crippen molar-refractivity contribution in [1.29, 1.82) is 0 Å². The Balaban J connectivity index is 1.58. The number of hydrogen-bond acceptors (Lipinski definition) is 3. The summed E-state index contributed by atoms with van der Waals surface area (Å²) in [5, 5.41) is 2.90. The molecule has 1 saturated heterocycles. The molecule has 156 valence electrons. The van der Waals surface area contributed by atoms with Crippen molar-refractivity contribution in [3.63, 3.8) is 0 Å². The number of amides is 1. The quantitative estimate of drug-likeness (QED) is 0.687. The molecule has 1 N–H and O–H groups in total. The fourth-order valence-corrected chi connectivity index (χ4v) is 5.15. The van der Waals surface area contributed by atoms with Crippen LogP contribution in [0.2, 0.25) is 0 Å². The highest BCUT2D eigenvalue weighted by molar-refractivity contribution is 7.88. The Morgan fingerprint density at radius 2 is 1.55 bits per heavy atom. The van der Waals surface area contributed by atoms with Gasteiger partial charge in [0, 0.05) is 24.3 Å². The number of unbranched alkanes of at least 4 members (excludes halogenated alkanes) is 1. The van der Waals surface area contributed by atoms with Gasteiger partial charge in [0.15, 0.2) is 0 Å². The summed E-state index contributed by atoms with van der Waals surface area (Å²) < 4.78 is 26.7. The van der Waals surface area contributed by atoms with E-state index in [4.69, 9.17) is 0 Å². The zero-order chi connectivity index (χ0) is 20.7. The fraction of sp³-hybridized carbons (Fsp3) is 0.435. The van der Waals surface area contributed by atoms with Crippen LogP contribution in [0.3, 0.4) is 0 Å². The zero-order valence-electron chi connectivity index (χ0n) is 17.1. The molecule has 5 nitrogen and oxygen atoms in total.